The minimum atomic E-state index is -0.221. The van der Waals surface area contributed by atoms with Crippen molar-refractivity contribution in [1.29, 1.82) is 0 Å². The van der Waals surface area contributed by atoms with Crippen LogP contribution in [-0.4, -0.2) is 22.9 Å². The van der Waals surface area contributed by atoms with Crippen molar-refractivity contribution in [3.8, 4) is 0 Å². The number of benzene rings is 1. The first-order valence-corrected chi connectivity index (χ1v) is 8.21. The lowest BCUT2D eigenvalue weighted by Crippen LogP contribution is -2.50. The summed E-state index contributed by atoms with van der Waals surface area (Å²) in [7, 11) is 0. The fourth-order valence-corrected chi connectivity index (χ4v) is 3.75. The van der Waals surface area contributed by atoms with Gasteiger partial charge in [0.05, 0.1) is 6.04 Å². The zero-order chi connectivity index (χ0) is 14.2. The lowest BCUT2D eigenvalue weighted by atomic mass is 9.75. The normalized spacial score (nSPS) is 24.5. The van der Waals surface area contributed by atoms with Crippen LogP contribution in [0.15, 0.2) is 28.7 Å². The van der Waals surface area contributed by atoms with Crippen LogP contribution < -0.4 is 5.73 Å². The van der Waals surface area contributed by atoms with Gasteiger partial charge in [-0.1, -0.05) is 28.1 Å². The van der Waals surface area contributed by atoms with Crippen molar-refractivity contribution in [2.45, 2.75) is 50.1 Å². The van der Waals surface area contributed by atoms with E-state index in [1.807, 2.05) is 17.0 Å². The summed E-state index contributed by atoms with van der Waals surface area (Å²) < 4.78 is 1.07. The van der Waals surface area contributed by atoms with Crippen LogP contribution in [0.1, 0.15) is 50.1 Å². The zero-order valence-electron chi connectivity index (χ0n) is 11.6. The molecule has 1 unspecified atom stereocenters. The molecule has 1 aromatic rings. The molecule has 3 nitrogen and oxygen atoms in total. The summed E-state index contributed by atoms with van der Waals surface area (Å²) in [5.41, 5.74) is 7.23. The van der Waals surface area contributed by atoms with E-state index in [1.165, 1.54) is 12.0 Å². The van der Waals surface area contributed by atoms with Crippen molar-refractivity contribution in [2.24, 2.45) is 5.73 Å². The maximum absolute atomic E-state index is 12.6. The number of hydrogen-bond donors (Lipinski definition) is 1. The van der Waals surface area contributed by atoms with Crippen molar-refractivity contribution in [3.63, 3.8) is 0 Å². The molecule has 2 aliphatic rings. The van der Waals surface area contributed by atoms with Gasteiger partial charge in [-0.2, -0.15) is 0 Å². The van der Waals surface area contributed by atoms with E-state index in [-0.39, 0.29) is 17.5 Å². The molecule has 1 saturated carbocycles. The molecule has 1 saturated heterocycles. The van der Waals surface area contributed by atoms with Crippen LogP contribution in [0.25, 0.3) is 0 Å². The quantitative estimate of drug-likeness (QED) is 0.919. The molecule has 2 N–H and O–H groups in total. The van der Waals surface area contributed by atoms with Crippen molar-refractivity contribution in [2.75, 3.05) is 6.54 Å². The van der Waals surface area contributed by atoms with Gasteiger partial charge in [-0.15, -0.1) is 0 Å². The molecule has 108 valence electrons. The molecule has 1 atom stereocenters. The highest BCUT2D eigenvalue weighted by atomic mass is 79.9. The fraction of sp³-hybridized carbons (Fsp3) is 0.562. The summed E-state index contributed by atoms with van der Waals surface area (Å²) in [6.07, 6.45) is 5.80. The molecule has 1 aliphatic heterocycles. The van der Waals surface area contributed by atoms with Crippen molar-refractivity contribution < 1.29 is 4.79 Å². The van der Waals surface area contributed by atoms with E-state index in [9.17, 15) is 4.79 Å². The number of nitrogens with two attached hydrogens (primary N) is 1. The standard InChI is InChI=1S/C16H21BrN2O/c17-13-5-1-4-12(10-13)14-6-2-9-19(14)15(20)11-16(18)7-3-8-16/h1,4-5,10,14H,2-3,6-9,11,18H2. The lowest BCUT2D eigenvalue weighted by Gasteiger charge is -2.39. The van der Waals surface area contributed by atoms with Crippen molar-refractivity contribution in [1.82, 2.24) is 4.90 Å². The Morgan fingerprint density at radius 2 is 2.20 bits per heavy atom. The molecular weight excluding hydrogens is 316 g/mol. The van der Waals surface area contributed by atoms with Gasteiger partial charge in [0.2, 0.25) is 5.91 Å². The molecule has 4 heteroatoms. The minimum absolute atomic E-state index is 0.221. The Bertz CT molecular complexity index is 513. The summed E-state index contributed by atoms with van der Waals surface area (Å²) in [4.78, 5) is 14.6. The van der Waals surface area contributed by atoms with Crippen LogP contribution in [0.4, 0.5) is 0 Å². The van der Waals surface area contributed by atoms with Crippen LogP contribution in [0.5, 0.6) is 0 Å². The number of halogens is 1. The topological polar surface area (TPSA) is 46.3 Å². The number of hydrogen-bond acceptors (Lipinski definition) is 2. The van der Waals surface area contributed by atoms with Gasteiger partial charge in [-0.3, -0.25) is 4.79 Å². The first kappa shape index (κ1) is 14.1. The molecule has 0 aromatic heterocycles. The van der Waals surface area contributed by atoms with Gasteiger partial charge in [-0.05, 0) is 49.8 Å². The molecular formula is C16H21BrN2O. The monoisotopic (exact) mass is 336 g/mol. The lowest BCUT2D eigenvalue weighted by molar-refractivity contribution is -0.134. The molecule has 20 heavy (non-hydrogen) atoms. The second-order valence-electron chi connectivity index (χ2n) is 6.19. The average molecular weight is 337 g/mol. The average Bonchev–Trinajstić information content (AvgIpc) is 2.86. The van der Waals surface area contributed by atoms with Gasteiger partial charge in [0.25, 0.3) is 0 Å². The Kier molecular flexibility index (Phi) is 3.87. The van der Waals surface area contributed by atoms with Crippen LogP contribution in [0, 0.1) is 0 Å². The molecule has 3 rings (SSSR count). The number of carbonyl (C=O) groups is 1. The molecule has 1 aromatic carbocycles. The molecule has 2 fully saturated rings. The summed E-state index contributed by atoms with van der Waals surface area (Å²) in [6.45, 7) is 0.867. The second kappa shape index (κ2) is 5.49. The third-order valence-electron chi connectivity index (χ3n) is 4.66. The van der Waals surface area contributed by atoms with Crippen molar-refractivity contribution >= 4 is 21.8 Å². The summed E-state index contributed by atoms with van der Waals surface area (Å²) in [5, 5.41) is 0. The summed E-state index contributed by atoms with van der Waals surface area (Å²) >= 11 is 3.51. The van der Waals surface area contributed by atoms with E-state index in [0.29, 0.717) is 6.42 Å². The van der Waals surface area contributed by atoms with Gasteiger partial charge in [0, 0.05) is 23.0 Å². The fourth-order valence-electron chi connectivity index (χ4n) is 3.34. The maximum Gasteiger partial charge on any atom is 0.224 e. The van der Waals surface area contributed by atoms with Gasteiger partial charge < -0.3 is 10.6 Å². The van der Waals surface area contributed by atoms with Gasteiger partial charge in [-0.25, -0.2) is 0 Å². The van der Waals surface area contributed by atoms with E-state index >= 15 is 0 Å². The van der Waals surface area contributed by atoms with E-state index in [2.05, 4.69) is 28.1 Å². The first-order valence-electron chi connectivity index (χ1n) is 7.41. The molecule has 0 radical (unpaired) electrons. The molecule has 1 aliphatic carbocycles. The Morgan fingerprint density at radius 3 is 2.85 bits per heavy atom. The van der Waals surface area contributed by atoms with Gasteiger partial charge in [0.1, 0.15) is 0 Å². The number of amides is 1. The molecule has 1 heterocycles. The number of carbonyl (C=O) groups excluding carboxylic acids is 1. The smallest absolute Gasteiger partial charge is 0.224 e. The van der Waals surface area contributed by atoms with Crippen LogP contribution in [0.3, 0.4) is 0 Å². The van der Waals surface area contributed by atoms with Crippen LogP contribution in [0.2, 0.25) is 0 Å². The molecule has 0 spiro atoms. The Morgan fingerprint density at radius 1 is 1.40 bits per heavy atom. The van der Waals surface area contributed by atoms with E-state index in [4.69, 9.17) is 5.73 Å². The maximum atomic E-state index is 12.6. The number of likely N-dealkylation sites (tertiary alicyclic amines) is 1. The third kappa shape index (κ3) is 2.77. The Balaban J connectivity index is 1.73. The van der Waals surface area contributed by atoms with Gasteiger partial charge >= 0.3 is 0 Å². The van der Waals surface area contributed by atoms with E-state index < -0.39 is 0 Å². The highest BCUT2D eigenvalue weighted by molar-refractivity contribution is 9.10. The Hall–Kier alpha value is -0.870. The number of rotatable bonds is 3. The minimum Gasteiger partial charge on any atom is -0.336 e. The highest BCUT2D eigenvalue weighted by Crippen LogP contribution is 2.37. The first-order chi connectivity index (χ1) is 9.57. The summed E-state index contributed by atoms with van der Waals surface area (Å²) in [5.74, 6) is 0.231. The third-order valence-corrected chi connectivity index (χ3v) is 5.15. The zero-order valence-corrected chi connectivity index (χ0v) is 13.2. The van der Waals surface area contributed by atoms with E-state index in [1.54, 1.807) is 0 Å². The summed E-state index contributed by atoms with van der Waals surface area (Å²) in [6, 6.07) is 8.52. The van der Waals surface area contributed by atoms with Crippen molar-refractivity contribution in [3.05, 3.63) is 34.3 Å². The van der Waals surface area contributed by atoms with Crippen LogP contribution >= 0.6 is 15.9 Å². The number of nitrogens with zero attached hydrogens (tertiary/aromatic N) is 1. The molecule has 0 bridgehead atoms. The predicted octanol–water partition coefficient (Wildman–Crippen LogP) is 3.38. The Labute approximate surface area is 128 Å². The van der Waals surface area contributed by atoms with Gasteiger partial charge in [0.15, 0.2) is 0 Å². The molecule has 1 amide bonds. The predicted molar refractivity (Wildman–Crippen MR) is 83.2 cm³/mol. The van der Waals surface area contributed by atoms with E-state index in [0.717, 1.165) is 36.7 Å². The second-order valence-corrected chi connectivity index (χ2v) is 7.11. The highest BCUT2D eigenvalue weighted by Gasteiger charge is 2.38. The largest absolute Gasteiger partial charge is 0.336 e. The van der Waals surface area contributed by atoms with Crippen LogP contribution in [-0.2, 0) is 4.79 Å². The SMILES string of the molecule is NC1(CC(=O)N2CCCC2c2cccc(Br)c2)CCC1.